The van der Waals surface area contributed by atoms with Crippen molar-refractivity contribution in [3.63, 3.8) is 0 Å². The second-order valence-electron chi connectivity index (χ2n) is 5.37. The number of hydrogen-bond donors (Lipinski definition) is 1. The lowest BCUT2D eigenvalue weighted by molar-refractivity contribution is 0.0718. The summed E-state index contributed by atoms with van der Waals surface area (Å²) in [6.45, 7) is 7.62. The second kappa shape index (κ2) is 5.99. The molecule has 1 fully saturated rings. The largest absolute Gasteiger partial charge is 0.352 e. The SMILES string of the molecule is Cc1cc(C(=O)N2CCCCC2)nc(NC(C)C)n1. The molecular weight excluding hydrogens is 240 g/mol. The number of rotatable bonds is 3. The molecule has 1 N–H and O–H groups in total. The highest BCUT2D eigenvalue weighted by atomic mass is 16.2. The van der Waals surface area contributed by atoms with E-state index in [9.17, 15) is 4.79 Å². The van der Waals surface area contributed by atoms with Crippen LogP contribution in [0.3, 0.4) is 0 Å². The van der Waals surface area contributed by atoms with Gasteiger partial charge in [0, 0.05) is 24.8 Å². The molecule has 0 aliphatic carbocycles. The van der Waals surface area contributed by atoms with E-state index in [1.165, 1.54) is 6.42 Å². The summed E-state index contributed by atoms with van der Waals surface area (Å²) in [5.74, 6) is 0.562. The average Bonchev–Trinajstić information content (AvgIpc) is 2.37. The van der Waals surface area contributed by atoms with Crippen LogP contribution in [0.15, 0.2) is 6.07 Å². The van der Waals surface area contributed by atoms with E-state index in [1.54, 1.807) is 6.07 Å². The highest BCUT2D eigenvalue weighted by Gasteiger charge is 2.20. The monoisotopic (exact) mass is 262 g/mol. The summed E-state index contributed by atoms with van der Waals surface area (Å²) in [5.41, 5.74) is 1.32. The molecule has 5 heteroatoms. The molecule has 1 saturated heterocycles. The second-order valence-corrected chi connectivity index (χ2v) is 5.37. The molecule has 1 aliphatic rings. The molecule has 0 radical (unpaired) electrons. The molecular formula is C14H22N4O. The molecule has 0 aromatic carbocycles. The zero-order valence-corrected chi connectivity index (χ0v) is 11.9. The van der Waals surface area contributed by atoms with E-state index < -0.39 is 0 Å². The first-order chi connectivity index (χ1) is 9.06. The molecule has 1 amide bonds. The lowest BCUT2D eigenvalue weighted by Gasteiger charge is -2.26. The minimum absolute atomic E-state index is 0.0250. The minimum atomic E-state index is 0.0250. The predicted octanol–water partition coefficient (Wildman–Crippen LogP) is 2.23. The normalized spacial score (nSPS) is 15.7. The Morgan fingerprint density at radius 3 is 2.58 bits per heavy atom. The lowest BCUT2D eigenvalue weighted by Crippen LogP contribution is -2.36. The van der Waals surface area contributed by atoms with Crippen LogP contribution in [0.1, 0.15) is 49.3 Å². The van der Waals surface area contributed by atoms with Gasteiger partial charge >= 0.3 is 0 Å². The molecule has 1 aromatic rings. The fraction of sp³-hybridized carbons (Fsp3) is 0.643. The number of nitrogens with one attached hydrogen (secondary N) is 1. The highest BCUT2D eigenvalue weighted by molar-refractivity contribution is 5.92. The molecule has 0 unspecified atom stereocenters. The minimum Gasteiger partial charge on any atom is -0.352 e. The van der Waals surface area contributed by atoms with Crippen molar-refractivity contribution in [2.24, 2.45) is 0 Å². The van der Waals surface area contributed by atoms with Crippen molar-refractivity contribution in [2.75, 3.05) is 18.4 Å². The first-order valence-electron chi connectivity index (χ1n) is 6.98. The number of anilines is 1. The van der Waals surface area contributed by atoms with Crippen LogP contribution in [0.2, 0.25) is 0 Å². The number of carbonyl (C=O) groups excluding carboxylic acids is 1. The van der Waals surface area contributed by atoms with Crippen LogP contribution in [0.4, 0.5) is 5.95 Å². The summed E-state index contributed by atoms with van der Waals surface area (Å²) in [5, 5.41) is 3.15. The third-order valence-corrected chi connectivity index (χ3v) is 3.13. The Balaban J connectivity index is 2.18. The summed E-state index contributed by atoms with van der Waals surface area (Å²) in [6, 6.07) is 2.02. The number of aryl methyl sites for hydroxylation is 1. The molecule has 19 heavy (non-hydrogen) atoms. The van der Waals surface area contributed by atoms with Crippen molar-refractivity contribution < 1.29 is 4.79 Å². The topological polar surface area (TPSA) is 58.1 Å². The van der Waals surface area contributed by atoms with Gasteiger partial charge in [-0.25, -0.2) is 9.97 Å². The van der Waals surface area contributed by atoms with Crippen molar-refractivity contribution >= 4 is 11.9 Å². The van der Waals surface area contributed by atoms with Gasteiger partial charge < -0.3 is 10.2 Å². The Morgan fingerprint density at radius 1 is 1.26 bits per heavy atom. The Kier molecular flexibility index (Phi) is 4.35. The third-order valence-electron chi connectivity index (χ3n) is 3.13. The van der Waals surface area contributed by atoms with Crippen LogP contribution in [-0.2, 0) is 0 Å². The summed E-state index contributed by atoms with van der Waals surface area (Å²) in [6.07, 6.45) is 3.40. The van der Waals surface area contributed by atoms with Gasteiger partial charge in [0.25, 0.3) is 5.91 Å². The molecule has 104 valence electrons. The maximum absolute atomic E-state index is 12.4. The molecule has 0 saturated carbocycles. The van der Waals surface area contributed by atoms with Gasteiger partial charge in [-0.3, -0.25) is 4.79 Å². The number of amides is 1. The summed E-state index contributed by atoms with van der Waals surface area (Å²) in [4.78, 5) is 22.9. The fourth-order valence-corrected chi connectivity index (χ4v) is 2.26. The van der Waals surface area contributed by atoms with Crippen LogP contribution in [0.5, 0.6) is 0 Å². The molecule has 0 atom stereocenters. The summed E-state index contributed by atoms with van der Waals surface area (Å²) >= 11 is 0. The molecule has 5 nitrogen and oxygen atoms in total. The first kappa shape index (κ1) is 13.8. The molecule has 0 bridgehead atoms. The van der Waals surface area contributed by atoms with Gasteiger partial charge in [-0.2, -0.15) is 0 Å². The van der Waals surface area contributed by atoms with Crippen LogP contribution in [0, 0.1) is 6.92 Å². The van der Waals surface area contributed by atoms with E-state index in [2.05, 4.69) is 15.3 Å². The summed E-state index contributed by atoms with van der Waals surface area (Å²) < 4.78 is 0. The number of aromatic nitrogens is 2. The van der Waals surface area contributed by atoms with E-state index in [1.807, 2.05) is 25.7 Å². The Bertz CT molecular complexity index is 453. The smallest absolute Gasteiger partial charge is 0.272 e. The van der Waals surface area contributed by atoms with Gasteiger partial charge in [-0.05, 0) is 46.1 Å². The van der Waals surface area contributed by atoms with Crippen molar-refractivity contribution in [2.45, 2.75) is 46.1 Å². The lowest BCUT2D eigenvalue weighted by atomic mass is 10.1. The zero-order valence-electron chi connectivity index (χ0n) is 11.9. The van der Waals surface area contributed by atoms with E-state index >= 15 is 0 Å². The predicted molar refractivity (Wildman–Crippen MR) is 75.3 cm³/mol. The first-order valence-corrected chi connectivity index (χ1v) is 6.98. The number of nitrogens with zero attached hydrogens (tertiary/aromatic N) is 3. The van der Waals surface area contributed by atoms with Crippen molar-refractivity contribution in [3.8, 4) is 0 Å². The molecule has 2 rings (SSSR count). The van der Waals surface area contributed by atoms with Gasteiger partial charge in [0.05, 0.1) is 0 Å². The average molecular weight is 262 g/mol. The Morgan fingerprint density at radius 2 is 1.95 bits per heavy atom. The van der Waals surface area contributed by atoms with E-state index in [0.717, 1.165) is 31.6 Å². The van der Waals surface area contributed by atoms with Gasteiger partial charge in [0.15, 0.2) is 0 Å². The van der Waals surface area contributed by atoms with E-state index in [-0.39, 0.29) is 11.9 Å². The van der Waals surface area contributed by atoms with Crippen molar-refractivity contribution in [1.29, 1.82) is 0 Å². The Hall–Kier alpha value is -1.65. The van der Waals surface area contributed by atoms with E-state index in [4.69, 9.17) is 0 Å². The van der Waals surface area contributed by atoms with Gasteiger partial charge in [-0.1, -0.05) is 0 Å². The number of likely N-dealkylation sites (tertiary alicyclic amines) is 1. The number of piperidine rings is 1. The summed E-state index contributed by atoms with van der Waals surface area (Å²) in [7, 11) is 0. The highest BCUT2D eigenvalue weighted by Crippen LogP contribution is 2.14. The molecule has 1 aliphatic heterocycles. The van der Waals surface area contributed by atoms with Crippen molar-refractivity contribution in [1.82, 2.24) is 14.9 Å². The van der Waals surface area contributed by atoms with Crippen LogP contribution >= 0.6 is 0 Å². The fourth-order valence-electron chi connectivity index (χ4n) is 2.26. The number of hydrogen-bond acceptors (Lipinski definition) is 4. The third kappa shape index (κ3) is 3.66. The maximum atomic E-state index is 12.4. The van der Waals surface area contributed by atoms with Gasteiger partial charge in [0.2, 0.25) is 5.95 Å². The zero-order chi connectivity index (χ0) is 13.8. The van der Waals surface area contributed by atoms with E-state index in [0.29, 0.717) is 11.6 Å². The molecule has 2 heterocycles. The number of carbonyl (C=O) groups is 1. The quantitative estimate of drug-likeness (QED) is 0.907. The Labute approximate surface area is 114 Å². The van der Waals surface area contributed by atoms with Crippen molar-refractivity contribution in [3.05, 3.63) is 17.5 Å². The van der Waals surface area contributed by atoms with Gasteiger partial charge in [0.1, 0.15) is 5.69 Å². The maximum Gasteiger partial charge on any atom is 0.272 e. The molecule has 1 aromatic heterocycles. The van der Waals surface area contributed by atoms with Gasteiger partial charge in [-0.15, -0.1) is 0 Å². The van der Waals surface area contributed by atoms with Crippen LogP contribution in [-0.4, -0.2) is 39.9 Å². The molecule has 0 spiro atoms. The van der Waals surface area contributed by atoms with Crippen LogP contribution in [0.25, 0.3) is 0 Å². The standard InChI is InChI=1S/C14H22N4O/c1-10(2)15-14-16-11(3)9-12(17-14)13(19)18-7-5-4-6-8-18/h9-10H,4-8H2,1-3H3,(H,15,16,17). The van der Waals surface area contributed by atoms with Crippen LogP contribution < -0.4 is 5.32 Å².